The van der Waals surface area contributed by atoms with Crippen LogP contribution in [0.15, 0.2) is 239 Å². The van der Waals surface area contributed by atoms with Crippen LogP contribution < -0.4 is 4.90 Å². The molecule has 0 bridgehead atoms. The average molecular weight is 868 g/mol. The summed E-state index contributed by atoms with van der Waals surface area (Å²) in [5.74, 6) is 0. The molecule has 318 valence electrons. The summed E-state index contributed by atoms with van der Waals surface area (Å²) < 4.78 is 13.1. The maximum atomic E-state index is 6.71. The second-order valence-corrected chi connectivity index (χ2v) is 18.5. The Bertz CT molecular complexity index is 4110. The Hall–Kier alpha value is -8.66. The van der Waals surface area contributed by atoms with Crippen molar-refractivity contribution in [2.24, 2.45) is 0 Å². The molecule has 0 amide bonds. The summed E-state index contributed by atoms with van der Waals surface area (Å²) >= 11 is 0. The molecule has 0 radical (unpaired) electrons. The molecule has 0 aliphatic heterocycles. The van der Waals surface area contributed by atoms with E-state index >= 15 is 0 Å². The van der Waals surface area contributed by atoms with Gasteiger partial charge in [0.15, 0.2) is 0 Å². The molecule has 68 heavy (non-hydrogen) atoms. The third kappa shape index (κ3) is 5.08. The normalized spacial score (nSPS) is 14.4. The van der Waals surface area contributed by atoms with E-state index in [4.69, 9.17) is 8.83 Å². The molecule has 12 aromatic rings. The van der Waals surface area contributed by atoms with Gasteiger partial charge in [-0.1, -0.05) is 176 Å². The highest BCUT2D eigenvalue weighted by molar-refractivity contribution is 6.16. The van der Waals surface area contributed by atoms with Gasteiger partial charge in [-0.3, -0.25) is 0 Å². The molecule has 3 nitrogen and oxygen atoms in total. The van der Waals surface area contributed by atoms with Gasteiger partial charge in [0.2, 0.25) is 0 Å². The second kappa shape index (κ2) is 14.2. The molecule has 3 heteroatoms. The zero-order chi connectivity index (χ0) is 44.5. The molecular formula is C65H41NO2. The van der Waals surface area contributed by atoms with Crippen LogP contribution in [0.3, 0.4) is 0 Å². The minimum Gasteiger partial charge on any atom is -0.456 e. The van der Waals surface area contributed by atoms with Crippen molar-refractivity contribution in [1.82, 2.24) is 0 Å². The highest BCUT2D eigenvalue weighted by Gasteiger charge is 2.52. The molecule has 0 unspecified atom stereocenters. The Kier molecular flexibility index (Phi) is 7.83. The number of para-hydroxylation sites is 1. The first-order valence-electron chi connectivity index (χ1n) is 23.7. The zero-order valence-electron chi connectivity index (χ0n) is 37.0. The van der Waals surface area contributed by atoms with Gasteiger partial charge in [0, 0.05) is 44.1 Å². The molecule has 0 saturated heterocycles. The number of allylic oxidation sites excluding steroid dienone is 4. The fourth-order valence-electron chi connectivity index (χ4n) is 12.4. The van der Waals surface area contributed by atoms with Crippen molar-refractivity contribution in [3.8, 4) is 33.4 Å². The molecular weight excluding hydrogens is 827 g/mol. The van der Waals surface area contributed by atoms with E-state index in [-0.39, 0.29) is 0 Å². The minimum atomic E-state index is -0.468. The lowest BCUT2D eigenvalue weighted by atomic mass is 9.70. The summed E-state index contributed by atoms with van der Waals surface area (Å²) in [5.41, 5.74) is 21.8. The largest absolute Gasteiger partial charge is 0.456 e. The molecule has 0 N–H and O–H groups in total. The lowest BCUT2D eigenvalue weighted by Crippen LogP contribution is -2.26. The van der Waals surface area contributed by atoms with Crippen molar-refractivity contribution in [2.75, 3.05) is 4.90 Å². The second-order valence-electron chi connectivity index (χ2n) is 18.5. The predicted octanol–water partition coefficient (Wildman–Crippen LogP) is 17.5. The number of hydrogen-bond donors (Lipinski definition) is 0. The molecule has 2 heterocycles. The highest BCUT2D eigenvalue weighted by atomic mass is 16.3. The van der Waals surface area contributed by atoms with E-state index in [2.05, 4.69) is 223 Å². The Balaban J connectivity index is 1.01. The third-order valence-corrected chi connectivity index (χ3v) is 15.1. The lowest BCUT2D eigenvalue weighted by Gasteiger charge is -2.34. The van der Waals surface area contributed by atoms with Gasteiger partial charge in [-0.2, -0.15) is 0 Å². The summed E-state index contributed by atoms with van der Waals surface area (Å²) in [7, 11) is 0. The fraction of sp³-hybridized carbons (Fsp3) is 0.0462. The van der Waals surface area contributed by atoms with Crippen LogP contribution in [-0.2, 0) is 5.41 Å². The number of fused-ring (bicyclic) bond motifs is 17. The van der Waals surface area contributed by atoms with Gasteiger partial charge < -0.3 is 13.7 Å². The van der Waals surface area contributed by atoms with Gasteiger partial charge in [-0.15, -0.1) is 0 Å². The summed E-state index contributed by atoms with van der Waals surface area (Å²) in [4.78, 5) is 2.59. The molecule has 0 atom stereocenters. The molecule has 0 fully saturated rings. The average Bonchev–Trinajstić information content (AvgIpc) is 4.14. The summed E-state index contributed by atoms with van der Waals surface area (Å²) in [6.07, 6.45) is 6.48. The van der Waals surface area contributed by atoms with E-state index in [1.54, 1.807) is 0 Å². The first-order valence-corrected chi connectivity index (χ1v) is 23.7. The molecule has 2 aromatic heterocycles. The number of benzene rings is 10. The topological polar surface area (TPSA) is 29.5 Å². The monoisotopic (exact) mass is 867 g/mol. The van der Waals surface area contributed by atoms with Crippen LogP contribution >= 0.6 is 0 Å². The Labute approximate surface area is 393 Å². The molecule has 1 spiro atoms. The molecule has 10 aromatic carbocycles. The van der Waals surface area contributed by atoms with Crippen LogP contribution in [0.1, 0.15) is 40.7 Å². The fourth-order valence-corrected chi connectivity index (χ4v) is 12.4. The lowest BCUT2D eigenvalue weighted by molar-refractivity contribution is 0.669. The van der Waals surface area contributed by atoms with E-state index in [0.29, 0.717) is 0 Å². The zero-order valence-corrected chi connectivity index (χ0v) is 37.0. The van der Waals surface area contributed by atoms with Crippen LogP contribution in [0.25, 0.3) is 93.6 Å². The smallest absolute Gasteiger partial charge is 0.136 e. The van der Waals surface area contributed by atoms with Crippen LogP contribution in [0.4, 0.5) is 11.4 Å². The van der Waals surface area contributed by atoms with Crippen molar-refractivity contribution in [1.29, 1.82) is 0 Å². The van der Waals surface area contributed by atoms with Crippen LogP contribution in [0, 0.1) is 0 Å². The number of rotatable bonds is 5. The van der Waals surface area contributed by atoms with E-state index in [9.17, 15) is 0 Å². The number of anilines is 2. The van der Waals surface area contributed by atoms with Crippen LogP contribution in [-0.4, -0.2) is 0 Å². The molecule has 0 saturated carbocycles. The van der Waals surface area contributed by atoms with Crippen LogP contribution in [0.2, 0.25) is 0 Å². The van der Waals surface area contributed by atoms with E-state index in [0.717, 1.165) is 73.5 Å². The standard InChI is InChI=1S/C65H41NO2/c1-2-17-42-39-61-51(38-41(42)16-1)63-48(24-14-33-60(63)68-61)47-20-6-11-29-56(47)66(43-36-34-40(35-37-43)44-23-13-32-59-62(44)50-22-7-12-31-58(50)67-59)57-30-15-28-55-64(57)49-21-5-10-27-54(49)65(55)52-25-8-3-18-45(52)46-19-4-9-26-53(46)65/h1-10,12-28,30-39H,11,29H2. The Morgan fingerprint density at radius 1 is 0.412 bits per heavy atom. The van der Waals surface area contributed by atoms with Crippen LogP contribution in [0.5, 0.6) is 0 Å². The van der Waals surface area contributed by atoms with Gasteiger partial charge in [-0.25, -0.2) is 0 Å². The maximum absolute atomic E-state index is 6.71. The van der Waals surface area contributed by atoms with Gasteiger partial charge in [0.1, 0.15) is 22.3 Å². The summed E-state index contributed by atoms with van der Waals surface area (Å²) in [5, 5.41) is 6.92. The van der Waals surface area contributed by atoms with Crippen molar-refractivity contribution in [3.05, 3.63) is 258 Å². The van der Waals surface area contributed by atoms with Gasteiger partial charge >= 0.3 is 0 Å². The third-order valence-electron chi connectivity index (χ3n) is 15.1. The maximum Gasteiger partial charge on any atom is 0.136 e. The van der Waals surface area contributed by atoms with Crippen molar-refractivity contribution >= 4 is 71.6 Å². The predicted molar refractivity (Wildman–Crippen MR) is 281 cm³/mol. The summed E-state index contributed by atoms with van der Waals surface area (Å²) in [6, 6.07) is 78.0. The van der Waals surface area contributed by atoms with Gasteiger partial charge in [0.05, 0.1) is 11.1 Å². The van der Waals surface area contributed by atoms with E-state index < -0.39 is 5.41 Å². The minimum absolute atomic E-state index is 0.468. The highest BCUT2D eigenvalue weighted by Crippen LogP contribution is 2.64. The SMILES string of the molecule is C1=CC(c2cccc3oc4cc5ccccc5cc4c23)=C(N(c2ccc(-c3cccc4oc5ccccc5c34)cc2)c2cccc3c2-c2ccccc2C32c3ccccc3-c3ccccc32)CC1. The first-order chi connectivity index (χ1) is 33.7. The molecule has 15 rings (SSSR count). The quantitative estimate of drug-likeness (QED) is 0.173. The number of furan rings is 2. The van der Waals surface area contributed by atoms with Crippen molar-refractivity contribution in [3.63, 3.8) is 0 Å². The van der Waals surface area contributed by atoms with Crippen molar-refractivity contribution in [2.45, 2.75) is 18.3 Å². The number of hydrogen-bond acceptors (Lipinski definition) is 3. The summed E-state index contributed by atoms with van der Waals surface area (Å²) in [6.45, 7) is 0. The molecule has 3 aliphatic carbocycles. The number of nitrogens with zero attached hydrogens (tertiary/aromatic N) is 1. The van der Waals surface area contributed by atoms with E-state index in [1.807, 2.05) is 6.07 Å². The van der Waals surface area contributed by atoms with Gasteiger partial charge in [0.25, 0.3) is 0 Å². The molecule has 3 aliphatic rings. The Morgan fingerprint density at radius 3 is 1.74 bits per heavy atom. The van der Waals surface area contributed by atoms with Gasteiger partial charge in [-0.05, 0) is 128 Å². The van der Waals surface area contributed by atoms with E-state index in [1.165, 1.54) is 77.8 Å². The van der Waals surface area contributed by atoms with Crippen molar-refractivity contribution < 1.29 is 8.83 Å². The first kappa shape index (κ1) is 37.5. The Morgan fingerprint density at radius 2 is 0.971 bits per heavy atom.